The van der Waals surface area contributed by atoms with E-state index in [-0.39, 0.29) is 11.9 Å². The minimum atomic E-state index is -0.283. The topological polar surface area (TPSA) is 106 Å². The van der Waals surface area contributed by atoms with Crippen LogP contribution in [0.3, 0.4) is 0 Å². The number of hydrogen-bond donors (Lipinski definition) is 2. The van der Waals surface area contributed by atoms with Crippen LogP contribution < -0.4 is 25.0 Å². The number of amides is 1. The smallest absolute Gasteiger partial charge is 0.316 e. The van der Waals surface area contributed by atoms with Gasteiger partial charge in [0.05, 0.1) is 25.3 Å². The number of anilines is 2. The standard InChI is InChI=1S/C25H29N7O3/c1-14-11-32(12-15(2)27-14)20-7-6-18(23-19(20)10-26-25(29-23)35-5)24(33)28-17-8-16-13-31(3)30-22(16)21(9-17)34-4/h6-10,13-15,27H,11-12H2,1-5H3,(H,28,33)/t14-,15-/m0/s1. The lowest BCUT2D eigenvalue weighted by molar-refractivity contribution is 0.102. The summed E-state index contributed by atoms with van der Waals surface area (Å²) in [7, 11) is 4.94. The lowest BCUT2D eigenvalue weighted by atomic mass is 10.0. The normalized spacial score (nSPS) is 18.1. The Hall–Kier alpha value is -3.92. The van der Waals surface area contributed by atoms with Crippen LogP contribution in [0.1, 0.15) is 24.2 Å². The Morgan fingerprint density at radius 3 is 2.60 bits per heavy atom. The number of nitrogens with one attached hydrogen (secondary N) is 2. The fourth-order valence-corrected chi connectivity index (χ4v) is 4.82. The molecule has 0 bridgehead atoms. The lowest BCUT2D eigenvalue weighted by Crippen LogP contribution is -2.54. The van der Waals surface area contributed by atoms with E-state index in [0.717, 1.165) is 35.1 Å². The van der Waals surface area contributed by atoms with E-state index in [2.05, 4.69) is 44.4 Å². The van der Waals surface area contributed by atoms with Crippen molar-refractivity contribution in [2.45, 2.75) is 25.9 Å². The highest BCUT2D eigenvalue weighted by molar-refractivity contribution is 6.14. The summed E-state index contributed by atoms with van der Waals surface area (Å²) in [5.74, 6) is 0.305. The van der Waals surface area contributed by atoms with Crippen molar-refractivity contribution in [3.05, 3.63) is 42.2 Å². The van der Waals surface area contributed by atoms with E-state index < -0.39 is 0 Å². The summed E-state index contributed by atoms with van der Waals surface area (Å²) in [6.07, 6.45) is 3.61. The Labute approximate surface area is 203 Å². The number of hydrogen-bond acceptors (Lipinski definition) is 8. The number of nitrogens with zero attached hydrogens (tertiary/aromatic N) is 5. The number of benzene rings is 2. The first-order chi connectivity index (χ1) is 16.9. The molecule has 2 N–H and O–H groups in total. The molecular formula is C25H29N7O3. The first-order valence-electron chi connectivity index (χ1n) is 11.5. The summed E-state index contributed by atoms with van der Waals surface area (Å²) in [5.41, 5.74) is 3.32. The third kappa shape index (κ3) is 4.32. The minimum Gasteiger partial charge on any atom is -0.494 e. The van der Waals surface area contributed by atoms with Gasteiger partial charge in [-0.2, -0.15) is 10.1 Å². The molecule has 4 aromatic rings. The van der Waals surface area contributed by atoms with Crippen molar-refractivity contribution in [1.29, 1.82) is 0 Å². The molecule has 0 saturated carbocycles. The number of aryl methyl sites for hydroxylation is 1. The molecule has 5 rings (SSSR count). The summed E-state index contributed by atoms with van der Waals surface area (Å²) < 4.78 is 12.5. The number of methoxy groups -OCH3 is 2. The Balaban J connectivity index is 1.55. The third-order valence-corrected chi connectivity index (χ3v) is 6.20. The van der Waals surface area contributed by atoms with Crippen LogP contribution >= 0.6 is 0 Å². The van der Waals surface area contributed by atoms with Gasteiger partial charge in [0.1, 0.15) is 11.3 Å². The van der Waals surface area contributed by atoms with E-state index in [1.165, 1.54) is 7.11 Å². The highest BCUT2D eigenvalue weighted by Crippen LogP contribution is 2.32. The number of carbonyl (C=O) groups is 1. The molecule has 35 heavy (non-hydrogen) atoms. The highest BCUT2D eigenvalue weighted by atomic mass is 16.5. The fraction of sp³-hybridized carbons (Fsp3) is 0.360. The van der Waals surface area contributed by atoms with Crippen molar-refractivity contribution >= 4 is 39.1 Å². The van der Waals surface area contributed by atoms with Crippen molar-refractivity contribution in [2.75, 3.05) is 37.5 Å². The average Bonchev–Trinajstić information content (AvgIpc) is 3.21. The number of piperazine rings is 1. The van der Waals surface area contributed by atoms with E-state index in [1.54, 1.807) is 24.1 Å². The molecular weight excluding hydrogens is 446 g/mol. The molecule has 0 spiro atoms. The van der Waals surface area contributed by atoms with Gasteiger partial charge in [0.15, 0.2) is 0 Å². The lowest BCUT2D eigenvalue weighted by Gasteiger charge is -2.38. The first kappa shape index (κ1) is 22.9. The molecule has 10 nitrogen and oxygen atoms in total. The van der Waals surface area contributed by atoms with Crippen LogP contribution in [0.2, 0.25) is 0 Å². The van der Waals surface area contributed by atoms with Gasteiger partial charge in [-0.3, -0.25) is 9.48 Å². The molecule has 10 heteroatoms. The molecule has 1 amide bonds. The van der Waals surface area contributed by atoms with Crippen molar-refractivity contribution in [2.24, 2.45) is 7.05 Å². The summed E-state index contributed by atoms with van der Waals surface area (Å²) in [6, 6.07) is 8.33. The van der Waals surface area contributed by atoms with E-state index in [0.29, 0.717) is 34.6 Å². The molecule has 1 saturated heterocycles. The Kier molecular flexibility index (Phi) is 5.89. The molecule has 2 aromatic carbocycles. The minimum absolute atomic E-state index is 0.212. The van der Waals surface area contributed by atoms with Crippen LogP contribution in [0.5, 0.6) is 11.8 Å². The quantitative estimate of drug-likeness (QED) is 0.454. The maximum absolute atomic E-state index is 13.5. The molecule has 0 aliphatic carbocycles. The van der Waals surface area contributed by atoms with Crippen molar-refractivity contribution in [3.8, 4) is 11.8 Å². The number of aromatic nitrogens is 4. The van der Waals surface area contributed by atoms with Gasteiger partial charge in [0.25, 0.3) is 5.91 Å². The van der Waals surface area contributed by atoms with Crippen molar-refractivity contribution in [3.63, 3.8) is 0 Å². The molecule has 0 radical (unpaired) electrons. The van der Waals surface area contributed by atoms with E-state index in [9.17, 15) is 4.79 Å². The Morgan fingerprint density at radius 2 is 1.89 bits per heavy atom. The summed E-state index contributed by atoms with van der Waals surface area (Å²) in [6.45, 7) is 6.03. The zero-order valence-corrected chi connectivity index (χ0v) is 20.5. The summed E-state index contributed by atoms with van der Waals surface area (Å²) in [4.78, 5) is 24.7. The van der Waals surface area contributed by atoms with Gasteiger partial charge in [0, 0.05) is 72.8 Å². The molecule has 3 heterocycles. The SMILES string of the molecule is COc1ncc2c(N3C[C@H](C)N[C@@H](C)C3)ccc(C(=O)Nc3cc(OC)c4nn(C)cc4c3)c2n1. The predicted octanol–water partition coefficient (Wildman–Crippen LogP) is 2.97. The maximum atomic E-state index is 13.5. The van der Waals surface area contributed by atoms with Gasteiger partial charge in [-0.1, -0.05) is 0 Å². The van der Waals surface area contributed by atoms with Crippen LogP contribution in [0.25, 0.3) is 21.8 Å². The molecule has 2 aromatic heterocycles. The maximum Gasteiger partial charge on any atom is 0.316 e. The van der Waals surface area contributed by atoms with Crippen LogP contribution in [0, 0.1) is 0 Å². The number of carbonyl (C=O) groups excluding carboxylic acids is 1. The van der Waals surface area contributed by atoms with Crippen LogP contribution in [0.15, 0.2) is 36.7 Å². The molecule has 2 atom stereocenters. The van der Waals surface area contributed by atoms with Crippen molar-refractivity contribution < 1.29 is 14.3 Å². The molecule has 1 fully saturated rings. The second-order valence-electron chi connectivity index (χ2n) is 9.00. The van der Waals surface area contributed by atoms with Gasteiger partial charge in [-0.15, -0.1) is 0 Å². The van der Waals surface area contributed by atoms with Crippen LogP contribution in [-0.2, 0) is 7.05 Å². The van der Waals surface area contributed by atoms with Gasteiger partial charge in [-0.05, 0) is 32.0 Å². The van der Waals surface area contributed by atoms with Crippen molar-refractivity contribution in [1.82, 2.24) is 25.1 Å². The summed E-state index contributed by atoms with van der Waals surface area (Å²) in [5, 5.41) is 12.6. The molecule has 182 valence electrons. The van der Waals surface area contributed by atoms with Crippen LogP contribution in [-0.4, -0.2) is 65.0 Å². The monoisotopic (exact) mass is 475 g/mol. The largest absolute Gasteiger partial charge is 0.494 e. The zero-order valence-electron chi connectivity index (χ0n) is 20.5. The second kappa shape index (κ2) is 9.03. The molecule has 1 aliphatic rings. The predicted molar refractivity (Wildman–Crippen MR) is 136 cm³/mol. The van der Waals surface area contributed by atoms with Crippen LogP contribution in [0.4, 0.5) is 11.4 Å². The molecule has 1 aliphatic heterocycles. The Bertz CT molecular complexity index is 1410. The van der Waals surface area contributed by atoms with E-state index in [1.807, 2.05) is 31.4 Å². The average molecular weight is 476 g/mol. The highest BCUT2D eigenvalue weighted by Gasteiger charge is 2.25. The first-order valence-corrected chi connectivity index (χ1v) is 11.5. The Morgan fingerprint density at radius 1 is 1.11 bits per heavy atom. The summed E-state index contributed by atoms with van der Waals surface area (Å²) >= 11 is 0. The second-order valence-corrected chi connectivity index (χ2v) is 9.00. The van der Waals surface area contributed by atoms with E-state index in [4.69, 9.17) is 9.47 Å². The van der Waals surface area contributed by atoms with Gasteiger partial charge < -0.3 is 25.0 Å². The van der Waals surface area contributed by atoms with Gasteiger partial charge in [0.2, 0.25) is 0 Å². The van der Waals surface area contributed by atoms with Gasteiger partial charge in [-0.25, -0.2) is 4.98 Å². The molecule has 0 unspecified atom stereocenters. The number of rotatable bonds is 5. The number of ether oxygens (including phenoxy) is 2. The fourth-order valence-electron chi connectivity index (χ4n) is 4.82. The number of fused-ring (bicyclic) bond motifs is 2. The zero-order chi connectivity index (χ0) is 24.7. The third-order valence-electron chi connectivity index (χ3n) is 6.20. The van der Waals surface area contributed by atoms with Gasteiger partial charge >= 0.3 is 6.01 Å². The van der Waals surface area contributed by atoms with E-state index >= 15 is 0 Å².